The molecule has 0 spiro atoms. The largest absolute Gasteiger partial charge is 0.463 e. The Kier molecular flexibility index (Phi) is 5.63. The second kappa shape index (κ2) is 7.94. The Morgan fingerprint density at radius 1 is 0.711 bits per heavy atom. The fourth-order valence-electron chi connectivity index (χ4n) is 6.12. The van der Waals surface area contributed by atoms with E-state index in [0.717, 1.165) is 0 Å². The molecule has 4 aliphatic heterocycles. The van der Waals surface area contributed by atoms with Gasteiger partial charge in [0.2, 0.25) is 0 Å². The maximum atomic E-state index is 13.8. The van der Waals surface area contributed by atoms with Gasteiger partial charge in [0.1, 0.15) is 12.2 Å². The van der Waals surface area contributed by atoms with Crippen LogP contribution in [0.1, 0.15) is 78.7 Å². The fraction of sp³-hybridized carbons (Fsp3) is 0.643. The van der Waals surface area contributed by atoms with E-state index in [1.54, 1.807) is 79.7 Å². The number of ketones is 2. The van der Waals surface area contributed by atoms with Gasteiger partial charge in [-0.15, -0.1) is 0 Å². The highest BCUT2D eigenvalue weighted by Gasteiger charge is 2.82. The molecule has 4 heterocycles. The van der Waals surface area contributed by atoms with Crippen molar-refractivity contribution in [1.29, 1.82) is 0 Å². The second-order valence-electron chi connectivity index (χ2n) is 11.5. The summed E-state index contributed by atoms with van der Waals surface area (Å²) in [6, 6.07) is 6.70. The molecule has 4 aliphatic rings. The summed E-state index contributed by atoms with van der Waals surface area (Å²) in [5.41, 5.74) is -5.81. The van der Waals surface area contributed by atoms with Crippen molar-refractivity contribution in [2.24, 2.45) is 10.8 Å². The number of rotatable bonds is 6. The zero-order valence-corrected chi connectivity index (χ0v) is 23.0. The minimum absolute atomic E-state index is 0.0240. The van der Waals surface area contributed by atoms with E-state index in [9.17, 15) is 19.2 Å². The van der Waals surface area contributed by atoms with Crippen molar-refractivity contribution in [2.75, 3.05) is 13.2 Å². The molecule has 6 atom stereocenters. The van der Waals surface area contributed by atoms with Crippen LogP contribution in [0.5, 0.6) is 0 Å². The number of hydrogen-bond donors (Lipinski definition) is 0. The third kappa shape index (κ3) is 2.86. The van der Waals surface area contributed by atoms with Crippen LogP contribution in [0.2, 0.25) is 0 Å². The van der Waals surface area contributed by atoms with Gasteiger partial charge >= 0.3 is 11.9 Å². The first-order valence-electron chi connectivity index (χ1n) is 12.9. The number of benzene rings is 1. The summed E-state index contributed by atoms with van der Waals surface area (Å²) >= 11 is 0. The van der Waals surface area contributed by atoms with Crippen LogP contribution in [-0.4, -0.2) is 59.5 Å². The molecule has 206 valence electrons. The minimum Gasteiger partial charge on any atom is -0.463 e. The number of fused-ring (bicyclic) bond motifs is 4. The Morgan fingerprint density at radius 3 is 1.34 bits per heavy atom. The van der Waals surface area contributed by atoms with E-state index in [-0.39, 0.29) is 13.2 Å². The highest BCUT2D eigenvalue weighted by Crippen LogP contribution is 2.65. The van der Waals surface area contributed by atoms with Gasteiger partial charge < -0.3 is 28.4 Å². The van der Waals surface area contributed by atoms with Crippen LogP contribution in [0.4, 0.5) is 0 Å². The van der Waals surface area contributed by atoms with Crippen molar-refractivity contribution in [1.82, 2.24) is 0 Å². The second-order valence-corrected chi connectivity index (χ2v) is 11.5. The topological polar surface area (TPSA) is 124 Å². The van der Waals surface area contributed by atoms with E-state index in [1.165, 1.54) is 0 Å². The summed E-state index contributed by atoms with van der Waals surface area (Å²) in [4.78, 5) is 54.5. The first-order valence-corrected chi connectivity index (χ1v) is 12.9. The fourth-order valence-corrected chi connectivity index (χ4v) is 6.12. The van der Waals surface area contributed by atoms with E-state index in [1.807, 2.05) is 0 Å². The van der Waals surface area contributed by atoms with E-state index in [2.05, 4.69) is 0 Å². The molecule has 0 radical (unpaired) electrons. The Balaban J connectivity index is 1.69. The van der Waals surface area contributed by atoms with Gasteiger partial charge in [-0.05, 0) is 66.5 Å². The first-order chi connectivity index (χ1) is 17.6. The number of ether oxygens (including phenoxy) is 6. The molecule has 0 amide bonds. The SMILES string of the molecule is CCOC(=O)[C@]12O[C@](C)(O[C@@H]1c1ccccc1[C@@H]1O[C@]3(C)O[C@@]1(C(=O)OCC)C(=O)C3(C)C)C(C)(C)C2=O. The molecule has 4 bridgehead atoms. The maximum absolute atomic E-state index is 13.8. The lowest BCUT2D eigenvalue weighted by Gasteiger charge is -2.41. The van der Waals surface area contributed by atoms with E-state index >= 15 is 0 Å². The van der Waals surface area contributed by atoms with Crippen LogP contribution in [0.25, 0.3) is 0 Å². The van der Waals surface area contributed by atoms with Crippen molar-refractivity contribution in [3.63, 3.8) is 0 Å². The molecule has 4 saturated heterocycles. The average Bonchev–Trinajstić information content (AvgIpc) is 3.46. The molecule has 0 saturated carbocycles. The van der Waals surface area contributed by atoms with Gasteiger partial charge in [-0.25, -0.2) is 9.59 Å². The van der Waals surface area contributed by atoms with Gasteiger partial charge in [-0.1, -0.05) is 24.3 Å². The number of carbonyl (C=O) groups is 4. The van der Waals surface area contributed by atoms with Crippen LogP contribution in [-0.2, 0) is 47.6 Å². The van der Waals surface area contributed by atoms with Crippen LogP contribution in [0, 0.1) is 10.8 Å². The molecule has 4 fully saturated rings. The smallest absolute Gasteiger partial charge is 0.349 e. The number of Topliss-reactive ketones (excluding diaryl/α,β-unsaturated/α-hetero) is 2. The lowest BCUT2D eigenvalue weighted by atomic mass is 9.69. The molecule has 0 N–H and O–H groups in total. The molecule has 0 aromatic heterocycles. The van der Waals surface area contributed by atoms with E-state index < -0.39 is 69.3 Å². The monoisotopic (exact) mass is 530 g/mol. The Bertz CT molecular complexity index is 1160. The van der Waals surface area contributed by atoms with Crippen molar-refractivity contribution in [2.45, 2.75) is 90.4 Å². The predicted octanol–water partition coefficient (Wildman–Crippen LogP) is 3.12. The molecular weight excluding hydrogens is 496 g/mol. The Morgan fingerprint density at radius 2 is 1.05 bits per heavy atom. The average molecular weight is 531 g/mol. The molecule has 10 heteroatoms. The Hall–Kier alpha value is -2.66. The van der Waals surface area contributed by atoms with Crippen LogP contribution in [0.3, 0.4) is 0 Å². The molecule has 10 nitrogen and oxygen atoms in total. The summed E-state index contributed by atoms with van der Waals surface area (Å²) in [5, 5.41) is 0. The molecule has 0 unspecified atom stereocenters. The third-order valence-corrected chi connectivity index (χ3v) is 8.93. The standard InChI is InChI=1S/C28H34O10/c1-9-33-21(31)27-17(35-25(7,37-27)23(3,4)19(27)29)15-13-11-12-14-16(15)18-28(22(32)34-10-2)20(30)24(5,6)26(8,36-18)38-28/h11-14,17-18H,9-10H2,1-8H3/t17-,18+,25+,26-,27+,28-. The lowest BCUT2D eigenvalue weighted by Crippen LogP contribution is -2.57. The number of carbonyl (C=O) groups excluding carboxylic acids is 4. The number of esters is 2. The van der Waals surface area contributed by atoms with Gasteiger partial charge in [-0.2, -0.15) is 0 Å². The van der Waals surface area contributed by atoms with Crippen molar-refractivity contribution in [3.8, 4) is 0 Å². The molecule has 38 heavy (non-hydrogen) atoms. The van der Waals surface area contributed by atoms with Crippen LogP contribution in [0.15, 0.2) is 24.3 Å². The molecule has 1 aromatic carbocycles. The summed E-state index contributed by atoms with van der Waals surface area (Å²) in [6.45, 7) is 13.2. The minimum atomic E-state index is -2.09. The highest BCUT2D eigenvalue weighted by molar-refractivity contribution is 6.14. The number of hydrogen-bond acceptors (Lipinski definition) is 10. The summed E-state index contributed by atoms with van der Waals surface area (Å²) in [6.07, 6.45) is -2.47. The van der Waals surface area contributed by atoms with Crippen molar-refractivity contribution >= 4 is 23.5 Å². The Labute approximate surface area is 221 Å². The molecular formula is C28H34O10. The zero-order valence-electron chi connectivity index (χ0n) is 23.0. The summed E-state index contributed by atoms with van der Waals surface area (Å²) in [7, 11) is 0. The first kappa shape index (κ1) is 26.9. The normalized spacial score (nSPS) is 40.0. The van der Waals surface area contributed by atoms with Gasteiger partial charge in [0.05, 0.1) is 24.0 Å². The molecule has 1 aromatic rings. The van der Waals surface area contributed by atoms with Gasteiger partial charge in [-0.3, -0.25) is 9.59 Å². The van der Waals surface area contributed by atoms with E-state index in [4.69, 9.17) is 28.4 Å². The zero-order chi connectivity index (χ0) is 28.1. The van der Waals surface area contributed by atoms with E-state index in [0.29, 0.717) is 11.1 Å². The molecule has 5 rings (SSSR count). The summed E-state index contributed by atoms with van der Waals surface area (Å²) in [5.74, 6) is -5.58. The lowest BCUT2D eigenvalue weighted by molar-refractivity contribution is -0.206. The summed E-state index contributed by atoms with van der Waals surface area (Å²) < 4.78 is 35.7. The van der Waals surface area contributed by atoms with Crippen LogP contribution >= 0.6 is 0 Å². The van der Waals surface area contributed by atoms with Gasteiger partial charge in [0.25, 0.3) is 11.2 Å². The highest BCUT2D eigenvalue weighted by atomic mass is 16.8. The van der Waals surface area contributed by atoms with Gasteiger partial charge in [0, 0.05) is 0 Å². The maximum Gasteiger partial charge on any atom is 0.349 e. The quantitative estimate of drug-likeness (QED) is 0.400. The third-order valence-electron chi connectivity index (χ3n) is 8.93. The molecule has 0 aliphatic carbocycles. The van der Waals surface area contributed by atoms with Crippen molar-refractivity contribution in [3.05, 3.63) is 35.4 Å². The predicted molar refractivity (Wildman–Crippen MR) is 129 cm³/mol. The van der Waals surface area contributed by atoms with Crippen LogP contribution < -0.4 is 0 Å². The van der Waals surface area contributed by atoms with Gasteiger partial charge in [0.15, 0.2) is 23.1 Å². The van der Waals surface area contributed by atoms with Crippen molar-refractivity contribution < 1.29 is 47.6 Å².